The van der Waals surface area contributed by atoms with Crippen LogP contribution in [0.3, 0.4) is 0 Å². The van der Waals surface area contributed by atoms with Crippen molar-refractivity contribution in [3.8, 4) is 5.75 Å². The van der Waals surface area contributed by atoms with Gasteiger partial charge < -0.3 is 10.1 Å². The molecule has 0 aliphatic carbocycles. The highest BCUT2D eigenvalue weighted by Gasteiger charge is 2.15. The van der Waals surface area contributed by atoms with E-state index in [2.05, 4.69) is 5.32 Å². The molecular formula is C12H18ClNO3S. The van der Waals surface area contributed by atoms with E-state index in [1.54, 1.807) is 39.2 Å². The fraction of sp³-hybridized carbons (Fsp3) is 0.500. The highest BCUT2D eigenvalue weighted by atomic mass is 35.5. The molecule has 0 aromatic heterocycles. The topological polar surface area (TPSA) is 55.4 Å². The first kappa shape index (κ1) is 15.1. The number of hydrogen-bond acceptors (Lipinski definition) is 4. The molecule has 0 aliphatic rings. The molecule has 0 saturated heterocycles. The Morgan fingerprint density at radius 2 is 2.06 bits per heavy atom. The maximum atomic E-state index is 11.6. The molecule has 18 heavy (non-hydrogen) atoms. The summed E-state index contributed by atoms with van der Waals surface area (Å²) in [5.41, 5.74) is 0.698. The van der Waals surface area contributed by atoms with Crippen LogP contribution in [-0.2, 0) is 9.84 Å². The minimum absolute atomic E-state index is 0.0837. The molecule has 0 bridgehead atoms. The highest BCUT2D eigenvalue weighted by Crippen LogP contribution is 2.27. The number of anilines is 1. The Balaban J connectivity index is 2.67. The van der Waals surface area contributed by atoms with Crippen molar-refractivity contribution in [2.45, 2.75) is 19.1 Å². The fourth-order valence-electron chi connectivity index (χ4n) is 1.38. The summed E-state index contributed by atoms with van der Waals surface area (Å²) in [6.07, 6.45) is 0. The Labute approximate surface area is 113 Å². The number of hydrogen-bond donors (Lipinski definition) is 1. The summed E-state index contributed by atoms with van der Waals surface area (Å²) in [5.74, 6) is 0.724. The summed E-state index contributed by atoms with van der Waals surface area (Å²) < 4.78 is 28.4. The molecule has 0 spiro atoms. The predicted octanol–water partition coefficient (Wildman–Crippen LogP) is 2.58. The summed E-state index contributed by atoms with van der Waals surface area (Å²) in [6.45, 7) is 3.68. The largest absolute Gasteiger partial charge is 0.495 e. The van der Waals surface area contributed by atoms with Crippen molar-refractivity contribution in [2.24, 2.45) is 0 Å². The monoisotopic (exact) mass is 291 g/mol. The van der Waals surface area contributed by atoms with Gasteiger partial charge in [-0.25, -0.2) is 8.42 Å². The van der Waals surface area contributed by atoms with Crippen LogP contribution < -0.4 is 10.1 Å². The first-order chi connectivity index (χ1) is 8.36. The van der Waals surface area contributed by atoms with Crippen molar-refractivity contribution in [3.63, 3.8) is 0 Å². The maximum Gasteiger partial charge on any atom is 0.154 e. The van der Waals surface area contributed by atoms with E-state index in [9.17, 15) is 8.42 Å². The van der Waals surface area contributed by atoms with Gasteiger partial charge in [0.15, 0.2) is 9.84 Å². The van der Waals surface area contributed by atoms with E-state index < -0.39 is 9.84 Å². The van der Waals surface area contributed by atoms with Crippen LogP contribution in [0.1, 0.15) is 13.8 Å². The second kappa shape index (κ2) is 6.29. The van der Waals surface area contributed by atoms with Crippen LogP contribution in [-0.4, -0.2) is 33.1 Å². The van der Waals surface area contributed by atoms with Gasteiger partial charge in [0, 0.05) is 11.6 Å². The van der Waals surface area contributed by atoms with E-state index in [0.717, 1.165) is 0 Å². The Hall–Kier alpha value is -0.940. The van der Waals surface area contributed by atoms with E-state index in [4.69, 9.17) is 16.3 Å². The quantitative estimate of drug-likeness (QED) is 0.875. The molecule has 1 rings (SSSR count). The fourth-order valence-corrected chi connectivity index (χ4v) is 2.41. The number of rotatable bonds is 6. The molecule has 1 aromatic carbocycles. The predicted molar refractivity (Wildman–Crippen MR) is 75.4 cm³/mol. The summed E-state index contributed by atoms with van der Waals surface area (Å²) in [4.78, 5) is 0. The average Bonchev–Trinajstić information content (AvgIpc) is 2.29. The van der Waals surface area contributed by atoms with Crippen LogP contribution in [0.4, 0.5) is 5.69 Å². The number of methoxy groups -OCH3 is 1. The zero-order valence-electron chi connectivity index (χ0n) is 10.7. The number of ether oxygens (including phenoxy) is 1. The molecule has 102 valence electrons. The third-order valence-corrected chi connectivity index (χ3v) is 5.03. The molecule has 0 radical (unpaired) electrons. The molecular weight excluding hydrogens is 274 g/mol. The summed E-state index contributed by atoms with van der Waals surface area (Å²) in [5, 5.41) is 3.24. The van der Waals surface area contributed by atoms with E-state index in [1.165, 1.54) is 0 Å². The molecule has 0 amide bonds. The zero-order valence-corrected chi connectivity index (χ0v) is 12.3. The summed E-state index contributed by atoms with van der Waals surface area (Å²) in [7, 11) is -1.48. The van der Waals surface area contributed by atoms with Crippen molar-refractivity contribution in [2.75, 3.05) is 24.7 Å². The van der Waals surface area contributed by atoms with E-state index in [-0.39, 0.29) is 11.0 Å². The van der Waals surface area contributed by atoms with Gasteiger partial charge in [0.25, 0.3) is 0 Å². The van der Waals surface area contributed by atoms with Gasteiger partial charge in [0.2, 0.25) is 0 Å². The van der Waals surface area contributed by atoms with E-state index in [0.29, 0.717) is 23.0 Å². The third-order valence-electron chi connectivity index (χ3n) is 2.58. The van der Waals surface area contributed by atoms with Crippen LogP contribution in [0.2, 0.25) is 5.02 Å². The number of benzene rings is 1. The second-order valence-corrected chi connectivity index (χ2v) is 7.30. The van der Waals surface area contributed by atoms with Crippen molar-refractivity contribution in [3.05, 3.63) is 23.2 Å². The maximum absolute atomic E-state index is 11.6. The molecule has 1 N–H and O–H groups in total. The van der Waals surface area contributed by atoms with Gasteiger partial charge in [-0.1, -0.05) is 11.6 Å². The van der Waals surface area contributed by atoms with Gasteiger partial charge in [-0.05, 0) is 32.0 Å². The van der Waals surface area contributed by atoms with Crippen LogP contribution in [0.5, 0.6) is 5.75 Å². The number of halogens is 1. The molecule has 0 fully saturated rings. The molecule has 0 aliphatic heterocycles. The lowest BCUT2D eigenvalue weighted by atomic mass is 10.3. The van der Waals surface area contributed by atoms with Crippen molar-refractivity contribution < 1.29 is 13.2 Å². The smallest absolute Gasteiger partial charge is 0.154 e. The highest BCUT2D eigenvalue weighted by molar-refractivity contribution is 7.92. The average molecular weight is 292 g/mol. The second-order valence-electron chi connectivity index (χ2n) is 4.19. The molecule has 0 saturated carbocycles. The number of nitrogens with one attached hydrogen (secondary N) is 1. The molecule has 6 heteroatoms. The number of sulfone groups is 1. The molecule has 4 nitrogen and oxygen atoms in total. The summed E-state index contributed by atoms with van der Waals surface area (Å²) >= 11 is 5.88. The van der Waals surface area contributed by atoms with Gasteiger partial charge in [0.1, 0.15) is 5.75 Å². The minimum atomic E-state index is -3.03. The molecule has 0 atom stereocenters. The lowest BCUT2D eigenvalue weighted by Gasteiger charge is -2.12. The van der Waals surface area contributed by atoms with Gasteiger partial charge in [-0.3, -0.25) is 0 Å². The minimum Gasteiger partial charge on any atom is -0.495 e. The van der Waals surface area contributed by atoms with Crippen LogP contribution in [0.15, 0.2) is 18.2 Å². The van der Waals surface area contributed by atoms with Crippen LogP contribution >= 0.6 is 11.6 Å². The third kappa shape index (κ3) is 4.07. The molecule has 0 unspecified atom stereocenters. The van der Waals surface area contributed by atoms with Crippen molar-refractivity contribution >= 4 is 27.1 Å². The summed E-state index contributed by atoms with van der Waals surface area (Å²) in [6, 6.07) is 5.17. The first-order valence-electron chi connectivity index (χ1n) is 5.66. The Bertz CT molecular complexity index is 500. The van der Waals surface area contributed by atoms with Crippen LogP contribution in [0, 0.1) is 0 Å². The van der Waals surface area contributed by atoms with E-state index >= 15 is 0 Å². The Morgan fingerprint density at radius 1 is 1.39 bits per heavy atom. The van der Waals surface area contributed by atoms with Crippen molar-refractivity contribution in [1.29, 1.82) is 0 Å². The standard InChI is InChI=1S/C12H18ClNO3S/c1-9(2)18(15,16)7-6-14-11-8-10(13)4-5-12(11)17-3/h4-5,8-9,14H,6-7H2,1-3H3. The van der Waals surface area contributed by atoms with Gasteiger partial charge >= 0.3 is 0 Å². The molecule has 1 aromatic rings. The Morgan fingerprint density at radius 3 is 2.61 bits per heavy atom. The lowest BCUT2D eigenvalue weighted by Crippen LogP contribution is -2.23. The molecule has 0 heterocycles. The van der Waals surface area contributed by atoms with Gasteiger partial charge in [-0.2, -0.15) is 0 Å². The van der Waals surface area contributed by atoms with Gasteiger partial charge in [-0.15, -0.1) is 0 Å². The first-order valence-corrected chi connectivity index (χ1v) is 7.75. The SMILES string of the molecule is COc1ccc(Cl)cc1NCCS(=O)(=O)C(C)C. The Kier molecular flexibility index (Phi) is 5.28. The van der Waals surface area contributed by atoms with E-state index in [1.807, 2.05) is 0 Å². The van der Waals surface area contributed by atoms with Crippen molar-refractivity contribution in [1.82, 2.24) is 0 Å². The zero-order chi connectivity index (χ0) is 13.8. The van der Waals surface area contributed by atoms with Gasteiger partial charge in [0.05, 0.1) is 23.8 Å². The van der Waals surface area contributed by atoms with Crippen LogP contribution in [0.25, 0.3) is 0 Å². The normalized spacial score (nSPS) is 11.6. The lowest BCUT2D eigenvalue weighted by molar-refractivity contribution is 0.416.